The molecule has 2 aromatic rings. The molecule has 28 heavy (non-hydrogen) atoms. The predicted octanol–water partition coefficient (Wildman–Crippen LogP) is 2.58. The van der Waals surface area contributed by atoms with Gasteiger partial charge in [0.1, 0.15) is 0 Å². The van der Waals surface area contributed by atoms with Gasteiger partial charge in [-0.05, 0) is 43.8 Å². The quantitative estimate of drug-likeness (QED) is 0.785. The Bertz CT molecular complexity index is 978. The number of likely N-dealkylation sites (N-methyl/N-ethyl adjacent to an activating group) is 1. The van der Waals surface area contributed by atoms with E-state index in [1.165, 1.54) is 16.4 Å². The fourth-order valence-electron chi connectivity index (χ4n) is 3.04. The van der Waals surface area contributed by atoms with Crippen molar-refractivity contribution < 1.29 is 13.2 Å². The molecule has 1 heterocycles. The van der Waals surface area contributed by atoms with Crippen LogP contribution in [0.4, 0.5) is 5.69 Å². The van der Waals surface area contributed by atoms with Crippen molar-refractivity contribution in [1.82, 2.24) is 9.21 Å². The van der Waals surface area contributed by atoms with E-state index in [0.717, 1.165) is 11.1 Å². The van der Waals surface area contributed by atoms with Gasteiger partial charge in [0.2, 0.25) is 15.9 Å². The molecule has 0 atom stereocenters. The topological polar surface area (TPSA) is 69.7 Å². The van der Waals surface area contributed by atoms with Crippen molar-refractivity contribution >= 4 is 27.7 Å². The zero-order chi connectivity index (χ0) is 20.1. The highest BCUT2D eigenvalue weighted by Crippen LogP contribution is 2.21. The highest BCUT2D eigenvalue weighted by molar-refractivity contribution is 7.89. The second kappa shape index (κ2) is 8.68. The van der Waals surface area contributed by atoms with E-state index in [1.807, 2.05) is 38.2 Å². The van der Waals surface area contributed by atoms with Crippen molar-refractivity contribution in [3.05, 3.63) is 65.7 Å². The van der Waals surface area contributed by atoms with Crippen LogP contribution in [0, 0.1) is 6.92 Å². The van der Waals surface area contributed by atoms with Crippen molar-refractivity contribution in [2.45, 2.75) is 11.8 Å². The van der Waals surface area contributed by atoms with Crippen molar-refractivity contribution in [3.63, 3.8) is 0 Å². The average molecular weight is 400 g/mol. The van der Waals surface area contributed by atoms with Gasteiger partial charge in [-0.15, -0.1) is 0 Å². The second-order valence-electron chi connectivity index (χ2n) is 6.97. The monoisotopic (exact) mass is 399 g/mol. The average Bonchev–Trinajstić information content (AvgIpc) is 2.67. The summed E-state index contributed by atoms with van der Waals surface area (Å²) in [7, 11) is -1.59. The van der Waals surface area contributed by atoms with Gasteiger partial charge < -0.3 is 10.2 Å². The Labute approximate surface area is 166 Å². The lowest BCUT2D eigenvalue weighted by Crippen LogP contribution is -2.47. The molecule has 2 aromatic carbocycles. The van der Waals surface area contributed by atoms with E-state index in [0.29, 0.717) is 31.9 Å². The third-order valence-electron chi connectivity index (χ3n) is 4.67. The third kappa shape index (κ3) is 5.07. The van der Waals surface area contributed by atoms with Gasteiger partial charge in [0.25, 0.3) is 0 Å². The van der Waals surface area contributed by atoms with Crippen molar-refractivity contribution in [2.24, 2.45) is 0 Å². The lowest BCUT2D eigenvalue weighted by molar-refractivity contribution is -0.111. The first kappa shape index (κ1) is 20.3. The lowest BCUT2D eigenvalue weighted by atomic mass is 10.1. The summed E-state index contributed by atoms with van der Waals surface area (Å²) in [6.45, 7) is 4.34. The Morgan fingerprint density at radius 2 is 1.75 bits per heavy atom. The summed E-state index contributed by atoms with van der Waals surface area (Å²) in [4.78, 5) is 14.5. The number of carbonyl (C=O) groups excluding carboxylic acids is 1. The number of amides is 1. The summed E-state index contributed by atoms with van der Waals surface area (Å²) in [5.41, 5.74) is 2.50. The zero-order valence-electron chi connectivity index (χ0n) is 16.1. The summed E-state index contributed by atoms with van der Waals surface area (Å²) in [5, 5.41) is 2.73. The van der Waals surface area contributed by atoms with Crippen LogP contribution in [0.15, 0.2) is 59.5 Å². The molecule has 1 amide bonds. The Morgan fingerprint density at radius 3 is 2.46 bits per heavy atom. The van der Waals surface area contributed by atoms with E-state index in [-0.39, 0.29) is 10.8 Å². The van der Waals surface area contributed by atoms with Crippen LogP contribution in [0.25, 0.3) is 6.08 Å². The van der Waals surface area contributed by atoms with Gasteiger partial charge in [0, 0.05) is 37.9 Å². The van der Waals surface area contributed by atoms with E-state index in [2.05, 4.69) is 10.2 Å². The first-order valence-corrected chi connectivity index (χ1v) is 10.6. The first-order chi connectivity index (χ1) is 13.3. The molecule has 0 aliphatic carbocycles. The summed E-state index contributed by atoms with van der Waals surface area (Å²) in [6.07, 6.45) is 3.17. The molecule has 1 saturated heterocycles. The van der Waals surface area contributed by atoms with E-state index in [4.69, 9.17) is 0 Å². The van der Waals surface area contributed by atoms with Gasteiger partial charge in [0.05, 0.1) is 4.90 Å². The van der Waals surface area contributed by atoms with E-state index < -0.39 is 10.0 Å². The Balaban J connectivity index is 1.70. The molecule has 1 N–H and O–H groups in total. The number of rotatable bonds is 5. The van der Waals surface area contributed by atoms with Gasteiger partial charge in [0.15, 0.2) is 0 Å². The third-order valence-corrected chi connectivity index (χ3v) is 6.57. The number of nitrogens with zero attached hydrogens (tertiary/aromatic N) is 2. The highest BCUT2D eigenvalue weighted by Gasteiger charge is 2.27. The standard InChI is InChI=1S/C21H25N3O3S/c1-17-5-3-6-18(15-17)9-10-21(25)22-19-7-4-8-20(16-19)28(26,27)24-13-11-23(2)12-14-24/h3-10,15-16H,11-14H2,1-2H3,(H,22,25)/b10-9+. The number of aryl methyl sites for hydroxylation is 1. The van der Waals surface area contributed by atoms with Crippen LogP contribution in [0.3, 0.4) is 0 Å². The molecule has 148 valence electrons. The minimum atomic E-state index is -3.57. The maximum atomic E-state index is 12.9. The normalized spacial score (nSPS) is 16.4. The van der Waals surface area contributed by atoms with Gasteiger partial charge >= 0.3 is 0 Å². The van der Waals surface area contributed by atoms with Gasteiger partial charge in [-0.1, -0.05) is 35.9 Å². The van der Waals surface area contributed by atoms with Crippen molar-refractivity contribution in [2.75, 3.05) is 38.5 Å². The Morgan fingerprint density at radius 1 is 1.04 bits per heavy atom. The molecule has 1 aliphatic heterocycles. The summed E-state index contributed by atoms with van der Waals surface area (Å²) >= 11 is 0. The number of anilines is 1. The largest absolute Gasteiger partial charge is 0.322 e. The van der Waals surface area contributed by atoms with E-state index in [9.17, 15) is 13.2 Å². The van der Waals surface area contributed by atoms with Crippen LogP contribution in [-0.2, 0) is 14.8 Å². The summed E-state index contributed by atoms with van der Waals surface area (Å²) in [6, 6.07) is 14.2. The van der Waals surface area contributed by atoms with E-state index in [1.54, 1.807) is 24.3 Å². The molecular weight excluding hydrogens is 374 g/mol. The maximum Gasteiger partial charge on any atom is 0.248 e. The van der Waals surface area contributed by atoms with E-state index >= 15 is 0 Å². The number of benzene rings is 2. The number of piperazine rings is 1. The molecule has 0 spiro atoms. The minimum absolute atomic E-state index is 0.192. The molecule has 0 saturated carbocycles. The molecule has 0 radical (unpaired) electrons. The van der Waals surface area contributed by atoms with Gasteiger partial charge in [-0.2, -0.15) is 4.31 Å². The van der Waals surface area contributed by atoms with Gasteiger partial charge in [-0.25, -0.2) is 8.42 Å². The van der Waals surface area contributed by atoms with Crippen LogP contribution in [0.2, 0.25) is 0 Å². The second-order valence-corrected chi connectivity index (χ2v) is 8.91. The molecular formula is C21H25N3O3S. The number of carbonyl (C=O) groups is 1. The number of hydrogen-bond acceptors (Lipinski definition) is 4. The molecule has 7 heteroatoms. The van der Waals surface area contributed by atoms with Crippen LogP contribution in [0.1, 0.15) is 11.1 Å². The maximum absolute atomic E-state index is 12.9. The molecule has 6 nitrogen and oxygen atoms in total. The molecule has 0 aromatic heterocycles. The van der Waals surface area contributed by atoms with Crippen LogP contribution in [-0.4, -0.2) is 56.8 Å². The van der Waals surface area contributed by atoms with Crippen LogP contribution in [0.5, 0.6) is 0 Å². The van der Waals surface area contributed by atoms with Gasteiger partial charge in [-0.3, -0.25) is 4.79 Å². The smallest absolute Gasteiger partial charge is 0.248 e. The molecule has 1 aliphatic rings. The molecule has 3 rings (SSSR count). The van der Waals surface area contributed by atoms with Crippen molar-refractivity contribution in [1.29, 1.82) is 0 Å². The number of hydrogen-bond donors (Lipinski definition) is 1. The lowest BCUT2D eigenvalue weighted by Gasteiger charge is -2.31. The Kier molecular flexibility index (Phi) is 6.28. The van der Waals surface area contributed by atoms with Crippen LogP contribution < -0.4 is 5.32 Å². The highest BCUT2D eigenvalue weighted by atomic mass is 32.2. The SMILES string of the molecule is Cc1cccc(/C=C/C(=O)Nc2cccc(S(=O)(=O)N3CCN(C)CC3)c2)c1. The number of nitrogens with one attached hydrogen (secondary N) is 1. The zero-order valence-corrected chi connectivity index (χ0v) is 16.9. The fraction of sp³-hybridized carbons (Fsp3) is 0.286. The van der Waals surface area contributed by atoms with Crippen LogP contribution >= 0.6 is 0 Å². The Hall–Kier alpha value is -2.48. The fourth-order valence-corrected chi connectivity index (χ4v) is 4.51. The minimum Gasteiger partial charge on any atom is -0.322 e. The first-order valence-electron chi connectivity index (χ1n) is 9.19. The summed E-state index contributed by atoms with van der Waals surface area (Å²) in [5.74, 6) is -0.310. The molecule has 0 unspecified atom stereocenters. The predicted molar refractivity (Wildman–Crippen MR) is 112 cm³/mol. The molecule has 0 bridgehead atoms. The van der Waals surface area contributed by atoms with Crippen molar-refractivity contribution in [3.8, 4) is 0 Å². The molecule has 1 fully saturated rings. The summed E-state index contributed by atoms with van der Waals surface area (Å²) < 4.78 is 27.2. The number of sulfonamides is 1.